The van der Waals surface area contributed by atoms with Crippen LogP contribution in [0, 0.1) is 0 Å². The average molecular weight is 455 g/mol. The van der Waals surface area contributed by atoms with Crippen LogP contribution in [0.2, 0.25) is 0 Å². The quantitative estimate of drug-likeness (QED) is 0.0798. The first-order valence-electron chi connectivity index (χ1n) is 6.89. The molecule has 0 saturated carbocycles. The van der Waals surface area contributed by atoms with E-state index < -0.39 is 22.2 Å². The maximum atomic E-state index is 10.6. The highest BCUT2D eigenvalue weighted by atomic mass is 33.1. The summed E-state index contributed by atoms with van der Waals surface area (Å²) in [5.41, 5.74) is 14.3. The van der Waals surface area contributed by atoms with Gasteiger partial charge in [0.15, 0.2) is 22.2 Å². The van der Waals surface area contributed by atoms with Crippen LogP contribution in [0.5, 0.6) is 0 Å². The van der Waals surface area contributed by atoms with Gasteiger partial charge in [0.2, 0.25) is 0 Å². The van der Waals surface area contributed by atoms with E-state index in [-0.39, 0.29) is 23.6 Å². The molecule has 24 heavy (non-hydrogen) atoms. The first-order chi connectivity index (χ1) is 11.5. The predicted octanol–water partition coefficient (Wildman–Crippen LogP) is 2.98. The van der Waals surface area contributed by atoms with E-state index in [0.29, 0.717) is 18.6 Å². The van der Waals surface area contributed by atoms with Crippen molar-refractivity contribution in [3.63, 3.8) is 0 Å². The zero-order valence-corrected chi connectivity index (χ0v) is 17.8. The van der Waals surface area contributed by atoms with Gasteiger partial charge in [-0.25, -0.2) is 8.42 Å². The van der Waals surface area contributed by atoms with E-state index in [1.54, 1.807) is 43.2 Å². The highest BCUT2D eigenvalue weighted by Crippen LogP contribution is 2.28. The fraction of sp³-hybridized carbons (Fsp3) is 1.00. The van der Waals surface area contributed by atoms with E-state index in [1.165, 1.54) is 0 Å². The number of hydrogen-bond donors (Lipinski definition) is 3. The SMILES string of the molecule is [N-]=[N+]=N[C@H](CCS(=O)O)CSSCCSSC[C@H](N)CCS(=O)O. The normalized spacial score (nSPS) is 16.1. The molecule has 0 aliphatic heterocycles. The summed E-state index contributed by atoms with van der Waals surface area (Å²) in [4.78, 5) is 2.76. The van der Waals surface area contributed by atoms with Crippen LogP contribution in [0.15, 0.2) is 5.11 Å². The molecule has 142 valence electrons. The van der Waals surface area contributed by atoms with Crippen LogP contribution in [0.1, 0.15) is 12.8 Å². The smallest absolute Gasteiger partial charge is 0.152 e. The molecule has 4 atom stereocenters. The molecule has 0 spiro atoms. The molecule has 4 N–H and O–H groups in total. The molecule has 0 bridgehead atoms. The molecular formula is C10H22N4O4S6. The molecule has 0 radical (unpaired) electrons. The van der Waals surface area contributed by atoms with E-state index >= 15 is 0 Å². The van der Waals surface area contributed by atoms with Gasteiger partial charge in [-0.2, -0.15) is 0 Å². The predicted molar refractivity (Wildman–Crippen MR) is 111 cm³/mol. The third-order valence-electron chi connectivity index (χ3n) is 2.46. The number of nitrogens with zero attached hydrogens (tertiary/aromatic N) is 3. The third kappa shape index (κ3) is 17.7. The van der Waals surface area contributed by atoms with Gasteiger partial charge in [0.25, 0.3) is 0 Å². The van der Waals surface area contributed by atoms with Gasteiger partial charge in [-0.3, -0.25) is 0 Å². The van der Waals surface area contributed by atoms with Crippen molar-refractivity contribution in [2.75, 3.05) is 34.5 Å². The van der Waals surface area contributed by atoms with E-state index in [1.807, 2.05) is 0 Å². The lowest BCUT2D eigenvalue weighted by atomic mass is 10.3. The maximum absolute atomic E-state index is 10.6. The summed E-state index contributed by atoms with van der Waals surface area (Å²) < 4.78 is 38.6. The highest BCUT2D eigenvalue weighted by Gasteiger charge is 2.09. The van der Waals surface area contributed by atoms with Crippen molar-refractivity contribution in [3.05, 3.63) is 10.4 Å². The van der Waals surface area contributed by atoms with Crippen molar-refractivity contribution in [2.24, 2.45) is 10.8 Å². The van der Waals surface area contributed by atoms with Crippen molar-refractivity contribution in [1.29, 1.82) is 0 Å². The molecule has 14 heteroatoms. The summed E-state index contributed by atoms with van der Waals surface area (Å²) in [6.45, 7) is 0. The van der Waals surface area contributed by atoms with Crippen LogP contribution in [0.25, 0.3) is 10.4 Å². The summed E-state index contributed by atoms with van der Waals surface area (Å²) in [6.07, 6.45) is 0.947. The Hall–Kier alpha value is 0.890. The van der Waals surface area contributed by atoms with Crippen LogP contribution in [0.4, 0.5) is 0 Å². The lowest BCUT2D eigenvalue weighted by molar-refractivity contribution is 0.556. The number of nitrogens with two attached hydrogens (primary N) is 1. The summed E-state index contributed by atoms with van der Waals surface area (Å²) in [6, 6.07) is -0.331. The Morgan fingerprint density at radius 2 is 1.54 bits per heavy atom. The van der Waals surface area contributed by atoms with Crippen molar-refractivity contribution < 1.29 is 17.5 Å². The number of rotatable bonds is 16. The van der Waals surface area contributed by atoms with Gasteiger partial charge in [0.1, 0.15) is 0 Å². The van der Waals surface area contributed by atoms with Crippen molar-refractivity contribution in [2.45, 2.75) is 24.9 Å². The van der Waals surface area contributed by atoms with Crippen molar-refractivity contribution in [1.82, 2.24) is 0 Å². The van der Waals surface area contributed by atoms with Crippen molar-refractivity contribution in [3.8, 4) is 0 Å². The van der Waals surface area contributed by atoms with Gasteiger partial charge < -0.3 is 14.8 Å². The molecule has 0 saturated heterocycles. The largest absolute Gasteiger partial charge is 0.327 e. The van der Waals surface area contributed by atoms with Crippen LogP contribution < -0.4 is 5.73 Å². The standard InChI is InChI=1S/C10H22N4O4S6/c11-9(1-5-23(15)16)7-21-19-3-4-20-22-8-10(13-14-12)2-6-24(17)18/h9-10H,1-8,11H2,(H,15,16)(H,17,18)/t9-,10-/m1/s1. The average Bonchev–Trinajstić information content (AvgIpc) is 2.52. The molecule has 0 aromatic heterocycles. The molecule has 0 rings (SSSR count). The first-order valence-corrected chi connectivity index (χ1v) is 14.4. The highest BCUT2D eigenvalue weighted by molar-refractivity contribution is 8.78. The minimum absolute atomic E-state index is 0.0673. The van der Waals surface area contributed by atoms with Crippen molar-refractivity contribution >= 4 is 65.3 Å². The van der Waals surface area contributed by atoms with Gasteiger partial charge in [0, 0.05) is 45.8 Å². The Labute approximate surface area is 163 Å². The van der Waals surface area contributed by atoms with Gasteiger partial charge in [-0.1, -0.05) is 48.3 Å². The Morgan fingerprint density at radius 1 is 1.00 bits per heavy atom. The van der Waals surface area contributed by atoms with Gasteiger partial charge in [-0.15, -0.1) is 0 Å². The summed E-state index contributed by atoms with van der Waals surface area (Å²) >= 11 is -3.63. The Bertz CT molecular complexity index is 426. The second kappa shape index (κ2) is 17.3. The lowest BCUT2D eigenvalue weighted by Gasteiger charge is -2.10. The van der Waals surface area contributed by atoms with E-state index in [9.17, 15) is 8.42 Å². The van der Waals surface area contributed by atoms with Crippen LogP contribution >= 0.6 is 43.2 Å². The van der Waals surface area contributed by atoms with Crippen LogP contribution in [-0.4, -0.2) is 64.1 Å². The van der Waals surface area contributed by atoms with Gasteiger partial charge in [-0.05, 0) is 18.4 Å². The van der Waals surface area contributed by atoms with Crippen LogP contribution in [0.3, 0.4) is 0 Å². The van der Waals surface area contributed by atoms with Gasteiger partial charge in [0.05, 0.1) is 5.75 Å². The lowest BCUT2D eigenvalue weighted by Crippen LogP contribution is -2.24. The Morgan fingerprint density at radius 3 is 2.08 bits per heavy atom. The molecule has 0 aliphatic carbocycles. The fourth-order valence-electron chi connectivity index (χ4n) is 1.27. The fourth-order valence-corrected chi connectivity index (χ4v) is 7.46. The molecule has 0 aliphatic rings. The Balaban J connectivity index is 3.55. The van der Waals surface area contributed by atoms with Gasteiger partial charge >= 0.3 is 0 Å². The van der Waals surface area contributed by atoms with Crippen LogP contribution in [-0.2, 0) is 22.2 Å². The summed E-state index contributed by atoms with van der Waals surface area (Å²) in [7, 11) is 6.63. The van der Waals surface area contributed by atoms with E-state index in [0.717, 1.165) is 17.3 Å². The Kier molecular flexibility index (Phi) is 18.0. The molecule has 0 aromatic rings. The number of azide groups is 1. The second-order valence-corrected chi connectivity index (χ2v) is 11.8. The molecule has 0 amide bonds. The molecule has 8 nitrogen and oxygen atoms in total. The zero-order valence-electron chi connectivity index (χ0n) is 12.9. The van der Waals surface area contributed by atoms with E-state index in [2.05, 4.69) is 10.0 Å². The minimum Gasteiger partial charge on any atom is -0.327 e. The topological polar surface area (TPSA) is 149 Å². The minimum atomic E-state index is -1.86. The van der Waals surface area contributed by atoms with E-state index in [4.69, 9.17) is 20.4 Å². The monoisotopic (exact) mass is 454 g/mol. The molecular weight excluding hydrogens is 433 g/mol. The molecule has 0 fully saturated rings. The molecule has 0 heterocycles. The second-order valence-electron chi connectivity index (χ2n) is 4.46. The zero-order chi connectivity index (χ0) is 18.2. The first kappa shape index (κ1) is 24.9. The molecule has 0 aromatic carbocycles. The summed E-state index contributed by atoms with van der Waals surface area (Å²) in [5, 5.41) is 3.63. The maximum Gasteiger partial charge on any atom is 0.152 e. The molecule has 2 unspecified atom stereocenters. The number of hydrogen-bond acceptors (Lipinski definition) is 8. The summed E-state index contributed by atoms with van der Waals surface area (Å²) in [5.74, 6) is 3.56. The third-order valence-corrected chi connectivity index (χ3v) is 8.87.